The Bertz CT molecular complexity index is 663. The van der Waals surface area contributed by atoms with Crippen molar-refractivity contribution in [3.05, 3.63) is 33.9 Å². The van der Waals surface area contributed by atoms with Gasteiger partial charge in [-0.1, -0.05) is 20.8 Å². The third-order valence-corrected chi connectivity index (χ3v) is 3.72. The Balaban J connectivity index is 2.04. The third-order valence-electron chi connectivity index (χ3n) is 3.72. The minimum Gasteiger partial charge on any atom is -0.456 e. The fourth-order valence-corrected chi connectivity index (χ4v) is 2.66. The Morgan fingerprint density at radius 2 is 2.04 bits per heavy atom. The summed E-state index contributed by atoms with van der Waals surface area (Å²) in [5.41, 5.74) is 1.24. The van der Waals surface area contributed by atoms with Gasteiger partial charge in [-0.25, -0.2) is 0 Å². The van der Waals surface area contributed by atoms with E-state index in [9.17, 15) is 19.7 Å². The lowest BCUT2D eigenvalue weighted by atomic mass is 9.92. The molecular weight excluding hydrogens is 312 g/mol. The first-order valence-electron chi connectivity index (χ1n) is 7.91. The Morgan fingerprint density at radius 3 is 2.67 bits per heavy atom. The van der Waals surface area contributed by atoms with Crippen molar-refractivity contribution in [1.82, 2.24) is 0 Å². The largest absolute Gasteiger partial charge is 0.456 e. The Kier molecular flexibility index (Phi) is 5.21. The number of anilines is 1. The minimum absolute atomic E-state index is 0.0136. The molecule has 0 aromatic heterocycles. The molecule has 7 heteroatoms. The zero-order valence-corrected chi connectivity index (χ0v) is 14.2. The van der Waals surface area contributed by atoms with Gasteiger partial charge in [0.2, 0.25) is 0 Å². The van der Waals surface area contributed by atoms with Gasteiger partial charge in [-0.15, -0.1) is 0 Å². The fourth-order valence-electron chi connectivity index (χ4n) is 2.66. The quantitative estimate of drug-likeness (QED) is 0.480. The first-order valence-corrected chi connectivity index (χ1v) is 7.91. The molecule has 0 bridgehead atoms. The van der Waals surface area contributed by atoms with Crippen molar-refractivity contribution in [2.45, 2.75) is 40.0 Å². The summed E-state index contributed by atoms with van der Waals surface area (Å²) >= 11 is 0. The summed E-state index contributed by atoms with van der Waals surface area (Å²) in [4.78, 5) is 36.1. The maximum Gasteiger partial charge on any atom is 0.306 e. The standard InChI is InChI=1S/C17H22N2O5/c1-17(2,3)10-16(21)24-11-15(20)18-8-4-5-12-9-13(19(22)23)6-7-14(12)18/h6-7,9H,4-5,8,10-11H2,1-3H3. The Hall–Kier alpha value is -2.44. The maximum absolute atomic E-state index is 12.4. The fraction of sp³-hybridized carbons (Fsp3) is 0.529. The summed E-state index contributed by atoms with van der Waals surface area (Å²) < 4.78 is 5.07. The molecule has 0 saturated heterocycles. The molecule has 0 atom stereocenters. The number of nitro benzene ring substituents is 1. The van der Waals surface area contributed by atoms with E-state index in [-0.39, 0.29) is 30.0 Å². The molecule has 0 spiro atoms. The number of amides is 1. The Morgan fingerprint density at radius 1 is 1.33 bits per heavy atom. The van der Waals surface area contributed by atoms with Crippen LogP contribution in [0.25, 0.3) is 0 Å². The molecule has 1 amide bonds. The van der Waals surface area contributed by atoms with Crippen molar-refractivity contribution in [2.24, 2.45) is 5.41 Å². The predicted molar refractivity (Wildman–Crippen MR) is 88.8 cm³/mol. The lowest BCUT2D eigenvalue weighted by molar-refractivity contribution is -0.384. The minimum atomic E-state index is -0.449. The summed E-state index contributed by atoms with van der Waals surface area (Å²) in [7, 11) is 0. The lowest BCUT2D eigenvalue weighted by Crippen LogP contribution is -2.38. The van der Waals surface area contributed by atoms with Crippen LogP contribution >= 0.6 is 0 Å². The van der Waals surface area contributed by atoms with E-state index in [2.05, 4.69) is 0 Å². The molecule has 1 aliphatic heterocycles. The smallest absolute Gasteiger partial charge is 0.306 e. The zero-order chi connectivity index (χ0) is 17.9. The molecule has 2 rings (SSSR count). The summed E-state index contributed by atoms with van der Waals surface area (Å²) in [6.07, 6.45) is 1.64. The van der Waals surface area contributed by atoms with Gasteiger partial charge in [-0.3, -0.25) is 19.7 Å². The predicted octanol–water partition coefficient (Wildman–Crippen LogP) is 2.85. The molecule has 0 N–H and O–H groups in total. The van der Waals surface area contributed by atoms with Crippen LogP contribution in [0.1, 0.15) is 39.2 Å². The second-order valence-corrected chi connectivity index (χ2v) is 7.12. The summed E-state index contributed by atoms with van der Waals surface area (Å²) in [6.45, 7) is 5.96. The highest BCUT2D eigenvalue weighted by atomic mass is 16.6. The zero-order valence-electron chi connectivity index (χ0n) is 14.2. The molecule has 24 heavy (non-hydrogen) atoms. The number of non-ortho nitro benzene ring substituents is 1. The molecule has 130 valence electrons. The van der Waals surface area contributed by atoms with Gasteiger partial charge >= 0.3 is 5.97 Å². The number of nitro groups is 1. The molecule has 1 heterocycles. The maximum atomic E-state index is 12.4. The van der Waals surface area contributed by atoms with Gasteiger partial charge in [0.05, 0.1) is 11.3 Å². The summed E-state index contributed by atoms with van der Waals surface area (Å²) in [6, 6.07) is 4.47. The molecule has 1 aromatic carbocycles. The first-order chi connectivity index (χ1) is 11.2. The van der Waals surface area contributed by atoms with E-state index in [1.54, 1.807) is 6.07 Å². The van der Waals surface area contributed by atoms with Crippen LogP contribution in [0.2, 0.25) is 0 Å². The SMILES string of the molecule is CC(C)(C)CC(=O)OCC(=O)N1CCCc2cc([N+](=O)[O-])ccc21. The number of rotatable bonds is 4. The van der Waals surface area contributed by atoms with Gasteiger partial charge < -0.3 is 9.64 Å². The monoisotopic (exact) mass is 334 g/mol. The van der Waals surface area contributed by atoms with E-state index in [0.717, 1.165) is 12.0 Å². The third kappa shape index (κ3) is 4.53. The van der Waals surface area contributed by atoms with Crippen LogP contribution in [0.3, 0.4) is 0 Å². The van der Waals surface area contributed by atoms with Gasteiger partial charge in [-0.2, -0.15) is 0 Å². The highest BCUT2D eigenvalue weighted by Gasteiger charge is 2.25. The number of carbonyl (C=O) groups is 2. The number of aryl methyl sites for hydroxylation is 1. The normalized spacial score (nSPS) is 14.0. The number of hydrogen-bond donors (Lipinski definition) is 0. The molecule has 0 saturated carbocycles. The second kappa shape index (κ2) is 6.98. The number of fused-ring (bicyclic) bond motifs is 1. The highest BCUT2D eigenvalue weighted by Crippen LogP contribution is 2.30. The van der Waals surface area contributed by atoms with E-state index in [4.69, 9.17) is 4.74 Å². The van der Waals surface area contributed by atoms with Crippen molar-refractivity contribution >= 4 is 23.3 Å². The average Bonchev–Trinajstić information content (AvgIpc) is 2.49. The van der Waals surface area contributed by atoms with Gasteiger partial charge in [0.1, 0.15) is 0 Å². The first kappa shape index (κ1) is 17.9. The van der Waals surface area contributed by atoms with Crippen LogP contribution in [0.15, 0.2) is 18.2 Å². The van der Waals surface area contributed by atoms with Crippen LogP contribution in [-0.2, 0) is 20.7 Å². The van der Waals surface area contributed by atoms with Crippen molar-refractivity contribution in [2.75, 3.05) is 18.1 Å². The molecule has 1 aliphatic rings. The molecule has 0 unspecified atom stereocenters. The van der Waals surface area contributed by atoms with Gasteiger partial charge in [-0.05, 0) is 29.9 Å². The second-order valence-electron chi connectivity index (χ2n) is 7.12. The van der Waals surface area contributed by atoms with Crippen LogP contribution in [0, 0.1) is 15.5 Å². The average molecular weight is 334 g/mol. The van der Waals surface area contributed by atoms with Crippen molar-refractivity contribution in [1.29, 1.82) is 0 Å². The number of benzene rings is 1. The van der Waals surface area contributed by atoms with E-state index in [0.29, 0.717) is 18.7 Å². The van der Waals surface area contributed by atoms with Gasteiger partial charge in [0.15, 0.2) is 6.61 Å². The molecule has 0 aliphatic carbocycles. The van der Waals surface area contributed by atoms with E-state index >= 15 is 0 Å². The van der Waals surface area contributed by atoms with Crippen molar-refractivity contribution in [3.63, 3.8) is 0 Å². The number of nitrogens with zero attached hydrogens (tertiary/aromatic N) is 2. The molecular formula is C17H22N2O5. The van der Waals surface area contributed by atoms with Crippen LogP contribution in [0.4, 0.5) is 11.4 Å². The van der Waals surface area contributed by atoms with E-state index < -0.39 is 10.9 Å². The highest BCUT2D eigenvalue weighted by molar-refractivity contribution is 5.96. The summed E-state index contributed by atoms with van der Waals surface area (Å²) in [5.74, 6) is -0.719. The molecule has 0 radical (unpaired) electrons. The Labute approximate surface area is 140 Å². The van der Waals surface area contributed by atoms with Crippen LogP contribution in [0.5, 0.6) is 0 Å². The van der Waals surface area contributed by atoms with Crippen LogP contribution < -0.4 is 4.90 Å². The topological polar surface area (TPSA) is 89.8 Å². The van der Waals surface area contributed by atoms with Crippen LogP contribution in [-0.4, -0.2) is 30.0 Å². The lowest BCUT2D eigenvalue weighted by Gasteiger charge is -2.29. The number of hydrogen-bond acceptors (Lipinski definition) is 5. The van der Waals surface area contributed by atoms with E-state index in [1.165, 1.54) is 17.0 Å². The summed E-state index contributed by atoms with van der Waals surface area (Å²) in [5, 5.41) is 10.9. The molecule has 7 nitrogen and oxygen atoms in total. The van der Waals surface area contributed by atoms with Gasteiger partial charge in [0.25, 0.3) is 11.6 Å². The van der Waals surface area contributed by atoms with Gasteiger partial charge in [0, 0.05) is 24.4 Å². The van der Waals surface area contributed by atoms with Crippen molar-refractivity contribution in [3.8, 4) is 0 Å². The molecule has 0 fully saturated rings. The number of carbonyl (C=O) groups excluding carboxylic acids is 2. The van der Waals surface area contributed by atoms with Crippen molar-refractivity contribution < 1.29 is 19.2 Å². The molecule has 1 aromatic rings. The number of ether oxygens (including phenoxy) is 1. The number of esters is 1. The van der Waals surface area contributed by atoms with E-state index in [1.807, 2.05) is 20.8 Å².